The van der Waals surface area contributed by atoms with Gasteiger partial charge in [0.25, 0.3) is 5.91 Å². The van der Waals surface area contributed by atoms with Gasteiger partial charge in [-0.2, -0.15) is 0 Å². The van der Waals surface area contributed by atoms with Crippen LogP contribution >= 0.6 is 0 Å². The van der Waals surface area contributed by atoms with Crippen molar-refractivity contribution in [3.63, 3.8) is 0 Å². The predicted octanol–water partition coefficient (Wildman–Crippen LogP) is 0.930. The van der Waals surface area contributed by atoms with Crippen LogP contribution in [0.5, 0.6) is 0 Å². The molecule has 1 atom stereocenters. The molecule has 0 aliphatic rings. The summed E-state index contributed by atoms with van der Waals surface area (Å²) in [4.78, 5) is 16.1. The van der Waals surface area contributed by atoms with Gasteiger partial charge in [-0.05, 0) is 19.1 Å². The number of amides is 1. The van der Waals surface area contributed by atoms with Gasteiger partial charge in [-0.3, -0.25) is 9.00 Å². The number of aromatic nitrogens is 1. The van der Waals surface area contributed by atoms with Crippen LogP contribution in [0, 0.1) is 6.92 Å². The highest BCUT2D eigenvalue weighted by atomic mass is 32.2. The van der Waals surface area contributed by atoms with Crippen LogP contribution in [0.4, 0.5) is 5.82 Å². The van der Waals surface area contributed by atoms with Crippen LogP contribution in [-0.2, 0) is 10.8 Å². The fourth-order valence-electron chi connectivity index (χ4n) is 1.45. The number of nitrogens with one attached hydrogen (secondary N) is 2. The molecule has 0 saturated carbocycles. The van der Waals surface area contributed by atoms with Crippen molar-refractivity contribution < 1.29 is 9.00 Å². The molecule has 0 aromatic carbocycles. The molecule has 0 saturated heterocycles. The summed E-state index contributed by atoms with van der Waals surface area (Å²) in [7, 11) is 0.908. The molecule has 1 aromatic rings. The number of anilines is 1. The lowest BCUT2D eigenvalue weighted by Gasteiger charge is -2.07. The highest BCUT2D eigenvalue weighted by Crippen LogP contribution is 2.09. The molecule has 1 unspecified atom stereocenters. The molecule has 0 aliphatic carbocycles. The van der Waals surface area contributed by atoms with Crippen molar-refractivity contribution in [2.45, 2.75) is 13.8 Å². The van der Waals surface area contributed by atoms with Gasteiger partial charge in [0.1, 0.15) is 5.82 Å². The van der Waals surface area contributed by atoms with E-state index in [0.29, 0.717) is 29.4 Å². The first-order chi connectivity index (χ1) is 8.56. The van der Waals surface area contributed by atoms with Crippen molar-refractivity contribution in [2.75, 3.05) is 30.4 Å². The second-order valence-corrected chi connectivity index (χ2v) is 5.69. The van der Waals surface area contributed by atoms with E-state index >= 15 is 0 Å². The van der Waals surface area contributed by atoms with Gasteiger partial charge >= 0.3 is 0 Å². The number of hydrogen-bond donors (Lipinski definition) is 2. The number of nitrogens with zero attached hydrogens (tertiary/aromatic N) is 1. The number of pyridine rings is 1. The first-order valence-electron chi connectivity index (χ1n) is 5.86. The Labute approximate surface area is 110 Å². The molecule has 0 fully saturated rings. The van der Waals surface area contributed by atoms with E-state index in [9.17, 15) is 9.00 Å². The average molecular weight is 269 g/mol. The Morgan fingerprint density at radius 1 is 1.44 bits per heavy atom. The third kappa shape index (κ3) is 4.44. The van der Waals surface area contributed by atoms with Crippen LogP contribution < -0.4 is 10.6 Å². The van der Waals surface area contributed by atoms with E-state index in [1.165, 1.54) is 0 Å². The fourth-order valence-corrected chi connectivity index (χ4v) is 2.07. The second kappa shape index (κ2) is 7.10. The highest BCUT2D eigenvalue weighted by Gasteiger charge is 2.08. The van der Waals surface area contributed by atoms with Crippen molar-refractivity contribution in [3.05, 3.63) is 23.4 Å². The molecular formula is C12H19N3O2S. The number of hydrogen-bond acceptors (Lipinski definition) is 4. The van der Waals surface area contributed by atoms with E-state index in [4.69, 9.17) is 0 Å². The van der Waals surface area contributed by atoms with E-state index in [1.807, 2.05) is 13.8 Å². The Morgan fingerprint density at radius 2 is 2.17 bits per heavy atom. The second-order valence-electron chi connectivity index (χ2n) is 3.82. The van der Waals surface area contributed by atoms with Gasteiger partial charge in [-0.15, -0.1) is 0 Å². The summed E-state index contributed by atoms with van der Waals surface area (Å²) in [5.41, 5.74) is 1.35. The molecule has 18 heavy (non-hydrogen) atoms. The summed E-state index contributed by atoms with van der Waals surface area (Å²) < 4.78 is 11.2. The molecule has 0 radical (unpaired) electrons. The molecule has 1 heterocycles. The Hall–Kier alpha value is -1.43. The average Bonchev–Trinajstić information content (AvgIpc) is 2.37. The quantitative estimate of drug-likeness (QED) is 0.806. The predicted molar refractivity (Wildman–Crippen MR) is 74.4 cm³/mol. The molecule has 5 nitrogen and oxygen atoms in total. The van der Waals surface area contributed by atoms with Gasteiger partial charge in [-0.25, -0.2) is 4.98 Å². The lowest BCUT2D eigenvalue weighted by atomic mass is 10.2. The van der Waals surface area contributed by atoms with Crippen molar-refractivity contribution in [3.8, 4) is 0 Å². The van der Waals surface area contributed by atoms with Gasteiger partial charge in [0.15, 0.2) is 0 Å². The van der Waals surface area contributed by atoms with Crippen LogP contribution in [0.1, 0.15) is 23.0 Å². The minimum Gasteiger partial charge on any atom is -0.373 e. The van der Waals surface area contributed by atoms with Crippen LogP contribution in [0.3, 0.4) is 0 Å². The minimum atomic E-state index is -0.850. The van der Waals surface area contributed by atoms with Crippen molar-refractivity contribution in [2.24, 2.45) is 0 Å². The van der Waals surface area contributed by atoms with Crippen molar-refractivity contribution in [1.29, 1.82) is 0 Å². The van der Waals surface area contributed by atoms with Crippen LogP contribution in [0.15, 0.2) is 12.1 Å². The largest absolute Gasteiger partial charge is 0.373 e. The SMILES string of the molecule is CCS(=O)CCNC(=O)c1cc(C)nc(NC)c1. The fraction of sp³-hybridized carbons (Fsp3) is 0.500. The summed E-state index contributed by atoms with van der Waals surface area (Å²) in [6.07, 6.45) is 0. The summed E-state index contributed by atoms with van der Waals surface area (Å²) >= 11 is 0. The van der Waals surface area contributed by atoms with Crippen LogP contribution in [0.2, 0.25) is 0 Å². The maximum Gasteiger partial charge on any atom is 0.251 e. The molecule has 0 bridgehead atoms. The van der Waals surface area contributed by atoms with E-state index in [-0.39, 0.29) is 5.91 Å². The molecule has 100 valence electrons. The Bertz CT molecular complexity index is 449. The summed E-state index contributed by atoms with van der Waals surface area (Å²) in [5, 5.41) is 5.66. The summed E-state index contributed by atoms with van der Waals surface area (Å²) in [6.45, 7) is 4.13. The summed E-state index contributed by atoms with van der Waals surface area (Å²) in [5.74, 6) is 1.61. The van der Waals surface area contributed by atoms with E-state index < -0.39 is 10.8 Å². The maximum atomic E-state index is 11.9. The zero-order valence-electron chi connectivity index (χ0n) is 10.9. The summed E-state index contributed by atoms with van der Waals surface area (Å²) in [6, 6.07) is 3.42. The molecule has 0 spiro atoms. The molecule has 1 rings (SSSR count). The number of carbonyl (C=O) groups excluding carboxylic acids is 1. The third-order valence-corrected chi connectivity index (χ3v) is 3.71. The molecular weight excluding hydrogens is 250 g/mol. The molecule has 1 amide bonds. The first kappa shape index (κ1) is 14.6. The number of carbonyl (C=O) groups is 1. The minimum absolute atomic E-state index is 0.162. The topological polar surface area (TPSA) is 71.1 Å². The molecule has 0 aliphatic heterocycles. The zero-order chi connectivity index (χ0) is 13.5. The number of rotatable bonds is 6. The standard InChI is InChI=1S/C12H19N3O2S/c1-4-18(17)6-5-14-12(16)10-7-9(2)15-11(8-10)13-3/h7-8H,4-6H2,1-3H3,(H,13,15)(H,14,16). The van der Waals surface area contributed by atoms with E-state index in [1.54, 1.807) is 19.2 Å². The van der Waals surface area contributed by atoms with Gasteiger partial charge in [0, 0.05) is 47.2 Å². The van der Waals surface area contributed by atoms with Gasteiger partial charge in [0.05, 0.1) is 0 Å². The molecule has 1 aromatic heterocycles. The van der Waals surface area contributed by atoms with Crippen LogP contribution in [0.25, 0.3) is 0 Å². The smallest absolute Gasteiger partial charge is 0.251 e. The van der Waals surface area contributed by atoms with Crippen molar-refractivity contribution >= 4 is 22.5 Å². The highest BCUT2D eigenvalue weighted by molar-refractivity contribution is 7.84. The Kier molecular flexibility index (Phi) is 5.77. The lowest BCUT2D eigenvalue weighted by Crippen LogP contribution is -2.28. The third-order valence-electron chi connectivity index (χ3n) is 2.41. The Morgan fingerprint density at radius 3 is 2.78 bits per heavy atom. The van der Waals surface area contributed by atoms with E-state index in [2.05, 4.69) is 15.6 Å². The first-order valence-corrected chi connectivity index (χ1v) is 7.35. The zero-order valence-corrected chi connectivity index (χ0v) is 11.8. The van der Waals surface area contributed by atoms with Gasteiger partial charge in [-0.1, -0.05) is 6.92 Å². The number of aryl methyl sites for hydroxylation is 1. The Balaban J connectivity index is 2.61. The maximum absolute atomic E-state index is 11.9. The monoisotopic (exact) mass is 269 g/mol. The van der Waals surface area contributed by atoms with Gasteiger partial charge < -0.3 is 10.6 Å². The van der Waals surface area contributed by atoms with Crippen molar-refractivity contribution in [1.82, 2.24) is 10.3 Å². The molecule has 2 N–H and O–H groups in total. The lowest BCUT2D eigenvalue weighted by molar-refractivity contribution is 0.0956. The molecule has 6 heteroatoms. The van der Waals surface area contributed by atoms with Gasteiger partial charge in [0.2, 0.25) is 0 Å². The van der Waals surface area contributed by atoms with E-state index in [0.717, 1.165) is 5.69 Å². The normalized spacial score (nSPS) is 11.9. The van der Waals surface area contributed by atoms with Crippen LogP contribution in [-0.4, -0.2) is 40.2 Å².